The topological polar surface area (TPSA) is 51.0 Å². The zero-order valence-corrected chi connectivity index (χ0v) is 8.82. The van der Waals surface area contributed by atoms with Crippen molar-refractivity contribution in [1.29, 1.82) is 0 Å². The van der Waals surface area contributed by atoms with Crippen LogP contribution in [0.15, 0.2) is 29.1 Å². The predicted octanol–water partition coefficient (Wildman–Crippen LogP) is 2.30. The minimum atomic E-state index is 0.631. The molecule has 0 unspecified atom stereocenters. The Morgan fingerprint density at radius 1 is 1.33 bits per heavy atom. The predicted molar refractivity (Wildman–Crippen MR) is 57.5 cm³/mol. The molecule has 15 heavy (non-hydrogen) atoms. The van der Waals surface area contributed by atoms with Gasteiger partial charge in [0.25, 0.3) is 0 Å². The maximum absolute atomic E-state index is 5.12. The Kier molecular flexibility index (Phi) is 2.67. The lowest BCUT2D eigenvalue weighted by molar-refractivity contribution is 0.511. The van der Waals surface area contributed by atoms with Crippen LogP contribution in [-0.2, 0) is 6.54 Å². The van der Waals surface area contributed by atoms with E-state index >= 15 is 0 Å². The lowest BCUT2D eigenvalue weighted by Crippen LogP contribution is -2.01. The highest BCUT2D eigenvalue weighted by molar-refractivity contribution is 5.47. The third-order valence-corrected chi connectivity index (χ3v) is 2.16. The molecule has 2 heterocycles. The van der Waals surface area contributed by atoms with Crippen molar-refractivity contribution in [2.24, 2.45) is 0 Å². The highest BCUT2D eigenvalue weighted by Crippen LogP contribution is 2.13. The normalized spacial score (nSPS) is 10.3. The van der Waals surface area contributed by atoms with E-state index in [0.29, 0.717) is 6.54 Å². The summed E-state index contributed by atoms with van der Waals surface area (Å²) in [6.45, 7) is 4.59. The van der Waals surface area contributed by atoms with E-state index in [1.807, 2.05) is 26.0 Å². The van der Waals surface area contributed by atoms with Crippen LogP contribution in [0.2, 0.25) is 0 Å². The van der Waals surface area contributed by atoms with Gasteiger partial charge in [0, 0.05) is 5.69 Å². The molecule has 0 fully saturated rings. The highest BCUT2D eigenvalue weighted by Gasteiger charge is 2.00. The Morgan fingerprint density at radius 2 is 2.20 bits per heavy atom. The van der Waals surface area contributed by atoms with Gasteiger partial charge < -0.3 is 9.73 Å². The molecule has 2 aromatic heterocycles. The Balaban J connectivity index is 2.05. The maximum Gasteiger partial charge on any atom is 0.180 e. The van der Waals surface area contributed by atoms with Crippen LogP contribution in [0.3, 0.4) is 0 Å². The number of nitrogens with zero attached hydrogens (tertiary/aromatic N) is 2. The molecule has 0 atom stereocenters. The number of anilines is 1. The van der Waals surface area contributed by atoms with Gasteiger partial charge in [0.15, 0.2) is 6.39 Å². The molecule has 4 heteroatoms. The van der Waals surface area contributed by atoms with Gasteiger partial charge >= 0.3 is 0 Å². The molecule has 1 N–H and O–H groups in total. The van der Waals surface area contributed by atoms with Crippen molar-refractivity contribution >= 4 is 5.69 Å². The Morgan fingerprint density at radius 3 is 2.87 bits per heavy atom. The van der Waals surface area contributed by atoms with Crippen molar-refractivity contribution in [3.05, 3.63) is 41.9 Å². The number of hydrogen-bond acceptors (Lipinski definition) is 4. The number of pyridine rings is 1. The molecule has 78 valence electrons. The fraction of sp³-hybridized carbons (Fsp3) is 0.273. The van der Waals surface area contributed by atoms with Crippen LogP contribution in [0.5, 0.6) is 0 Å². The molecular weight excluding hydrogens is 190 g/mol. The van der Waals surface area contributed by atoms with Crippen LogP contribution >= 0.6 is 0 Å². The molecule has 0 saturated carbocycles. The van der Waals surface area contributed by atoms with Gasteiger partial charge in [-0.25, -0.2) is 4.98 Å². The third-order valence-electron chi connectivity index (χ3n) is 2.16. The maximum atomic E-state index is 5.12. The number of aromatic nitrogens is 2. The summed E-state index contributed by atoms with van der Waals surface area (Å²) < 4.78 is 5.12. The Labute approximate surface area is 88.4 Å². The van der Waals surface area contributed by atoms with E-state index in [-0.39, 0.29) is 0 Å². The summed E-state index contributed by atoms with van der Waals surface area (Å²) in [7, 11) is 0. The van der Waals surface area contributed by atoms with E-state index < -0.39 is 0 Å². The van der Waals surface area contributed by atoms with Gasteiger partial charge in [-0.3, -0.25) is 4.98 Å². The minimum Gasteiger partial charge on any atom is -0.447 e. The third kappa shape index (κ3) is 2.34. The van der Waals surface area contributed by atoms with E-state index in [1.165, 1.54) is 6.39 Å². The van der Waals surface area contributed by atoms with E-state index in [1.54, 1.807) is 6.20 Å². The number of oxazole rings is 1. The first-order chi connectivity index (χ1) is 7.25. The van der Waals surface area contributed by atoms with E-state index in [0.717, 1.165) is 22.8 Å². The summed E-state index contributed by atoms with van der Waals surface area (Å²) in [5, 5.41) is 3.25. The van der Waals surface area contributed by atoms with Crippen LogP contribution in [-0.4, -0.2) is 9.97 Å². The van der Waals surface area contributed by atoms with Crippen LogP contribution in [0.1, 0.15) is 17.1 Å². The van der Waals surface area contributed by atoms with E-state index in [9.17, 15) is 0 Å². The zero-order chi connectivity index (χ0) is 10.7. The molecule has 4 nitrogen and oxygen atoms in total. The second-order valence-corrected chi connectivity index (χ2v) is 3.41. The van der Waals surface area contributed by atoms with Crippen molar-refractivity contribution in [2.45, 2.75) is 20.4 Å². The van der Waals surface area contributed by atoms with Gasteiger partial charge in [-0.2, -0.15) is 0 Å². The fourth-order valence-electron chi connectivity index (χ4n) is 1.39. The first-order valence-electron chi connectivity index (χ1n) is 4.81. The number of nitrogens with one attached hydrogen (secondary N) is 1. The quantitative estimate of drug-likeness (QED) is 0.831. The average Bonchev–Trinajstić information content (AvgIpc) is 2.69. The van der Waals surface area contributed by atoms with Gasteiger partial charge in [0.1, 0.15) is 5.76 Å². The molecule has 0 aliphatic rings. The first kappa shape index (κ1) is 9.71. The second-order valence-electron chi connectivity index (χ2n) is 3.41. The van der Waals surface area contributed by atoms with E-state index in [4.69, 9.17) is 4.42 Å². The average molecular weight is 203 g/mol. The van der Waals surface area contributed by atoms with Crippen molar-refractivity contribution in [1.82, 2.24) is 9.97 Å². The minimum absolute atomic E-state index is 0.631. The summed E-state index contributed by atoms with van der Waals surface area (Å²) in [5.74, 6) is 0.815. The number of rotatable bonds is 3. The molecule has 0 spiro atoms. The molecular formula is C11H13N3O. The van der Waals surface area contributed by atoms with Gasteiger partial charge in [0.05, 0.1) is 24.1 Å². The molecule has 0 aliphatic heterocycles. The Bertz CT molecular complexity index is 437. The van der Waals surface area contributed by atoms with Crippen molar-refractivity contribution in [3.63, 3.8) is 0 Å². The fourth-order valence-corrected chi connectivity index (χ4v) is 1.39. The Hall–Kier alpha value is -1.84. The molecule has 0 amide bonds. The van der Waals surface area contributed by atoms with Crippen molar-refractivity contribution in [2.75, 3.05) is 5.32 Å². The van der Waals surface area contributed by atoms with Crippen LogP contribution in [0.4, 0.5) is 5.69 Å². The molecule has 2 aromatic rings. The molecule has 0 aliphatic carbocycles. The lowest BCUT2D eigenvalue weighted by Gasteiger charge is -2.07. The van der Waals surface area contributed by atoms with Crippen LogP contribution in [0, 0.1) is 13.8 Å². The van der Waals surface area contributed by atoms with Crippen LogP contribution in [0.25, 0.3) is 0 Å². The smallest absolute Gasteiger partial charge is 0.180 e. The lowest BCUT2D eigenvalue weighted by atomic mass is 10.2. The number of hydrogen-bond donors (Lipinski definition) is 1. The van der Waals surface area contributed by atoms with Gasteiger partial charge in [-0.1, -0.05) is 0 Å². The zero-order valence-electron chi connectivity index (χ0n) is 8.82. The summed E-state index contributed by atoms with van der Waals surface area (Å²) in [6, 6.07) is 4.00. The molecule has 0 saturated heterocycles. The highest BCUT2D eigenvalue weighted by atomic mass is 16.3. The van der Waals surface area contributed by atoms with Crippen molar-refractivity contribution in [3.8, 4) is 0 Å². The summed E-state index contributed by atoms with van der Waals surface area (Å²) in [4.78, 5) is 8.21. The van der Waals surface area contributed by atoms with E-state index in [2.05, 4.69) is 15.3 Å². The largest absolute Gasteiger partial charge is 0.447 e. The second kappa shape index (κ2) is 4.13. The summed E-state index contributed by atoms with van der Waals surface area (Å²) in [6.07, 6.45) is 3.13. The summed E-state index contributed by atoms with van der Waals surface area (Å²) in [5.41, 5.74) is 3.05. The monoisotopic (exact) mass is 203 g/mol. The molecule has 0 radical (unpaired) electrons. The van der Waals surface area contributed by atoms with Gasteiger partial charge in [-0.15, -0.1) is 0 Å². The molecule has 0 aromatic carbocycles. The summed E-state index contributed by atoms with van der Waals surface area (Å²) >= 11 is 0. The standard InChI is InChI=1S/C11H13N3O/c1-8-3-4-11(9(2)14-8)13-6-10-5-12-7-15-10/h3-5,7,13H,6H2,1-2H3. The first-order valence-corrected chi connectivity index (χ1v) is 4.81. The van der Waals surface area contributed by atoms with Crippen molar-refractivity contribution < 1.29 is 4.42 Å². The molecule has 0 bridgehead atoms. The number of aryl methyl sites for hydroxylation is 2. The molecule has 2 rings (SSSR count). The SMILES string of the molecule is Cc1ccc(NCc2cnco2)c(C)n1. The van der Waals surface area contributed by atoms with Gasteiger partial charge in [0.2, 0.25) is 0 Å². The van der Waals surface area contributed by atoms with Crippen LogP contribution < -0.4 is 5.32 Å². The van der Waals surface area contributed by atoms with Gasteiger partial charge in [-0.05, 0) is 26.0 Å².